The summed E-state index contributed by atoms with van der Waals surface area (Å²) in [6.07, 6.45) is 0. The summed E-state index contributed by atoms with van der Waals surface area (Å²) >= 11 is 0. The quantitative estimate of drug-likeness (QED) is 0.368. The molecule has 0 saturated heterocycles. The average molecular weight is 409 g/mol. The molecule has 3 heteroatoms. The van der Waals surface area contributed by atoms with Gasteiger partial charge in [0.1, 0.15) is 12.4 Å². The van der Waals surface area contributed by atoms with Crippen molar-refractivity contribution in [1.29, 1.82) is 0 Å². The van der Waals surface area contributed by atoms with Crippen LogP contribution in [-0.4, -0.2) is 0 Å². The van der Waals surface area contributed by atoms with Crippen molar-refractivity contribution in [2.45, 2.75) is 25.2 Å². The molecule has 0 fully saturated rings. The van der Waals surface area contributed by atoms with Crippen LogP contribution in [0.5, 0.6) is 5.75 Å². The largest absolute Gasteiger partial charge is 0.489 e. The Morgan fingerprint density at radius 1 is 0.613 bits per heavy atom. The fourth-order valence-corrected chi connectivity index (χ4v) is 3.65. The molecule has 156 valence electrons. The van der Waals surface area contributed by atoms with Crippen molar-refractivity contribution in [2.24, 2.45) is 5.73 Å². The summed E-state index contributed by atoms with van der Waals surface area (Å²) in [5.74, 6) is 0.869. The fraction of sp³-hybridized carbons (Fsp3) is 0.143. The first-order chi connectivity index (χ1) is 15.3. The molecule has 31 heavy (non-hydrogen) atoms. The summed E-state index contributed by atoms with van der Waals surface area (Å²) < 4.78 is 5.90. The van der Waals surface area contributed by atoms with E-state index in [1.807, 2.05) is 54.6 Å². The van der Waals surface area contributed by atoms with Gasteiger partial charge in [0.25, 0.3) is 0 Å². The van der Waals surface area contributed by atoms with E-state index in [4.69, 9.17) is 10.5 Å². The highest BCUT2D eigenvalue weighted by Crippen LogP contribution is 2.27. The van der Waals surface area contributed by atoms with Crippen LogP contribution in [0.15, 0.2) is 115 Å². The Labute approximate surface area is 184 Å². The molecule has 0 heterocycles. The van der Waals surface area contributed by atoms with Crippen molar-refractivity contribution in [3.05, 3.63) is 138 Å². The smallest absolute Gasteiger partial charge is 0.119 e. The minimum atomic E-state index is -0.142. The van der Waals surface area contributed by atoms with E-state index in [0.717, 1.165) is 23.4 Å². The topological polar surface area (TPSA) is 47.3 Å². The van der Waals surface area contributed by atoms with Crippen molar-refractivity contribution in [3.8, 4) is 5.75 Å². The Morgan fingerprint density at radius 3 is 1.77 bits per heavy atom. The number of hydrogen-bond acceptors (Lipinski definition) is 3. The Morgan fingerprint density at radius 2 is 1.16 bits per heavy atom. The zero-order valence-electron chi connectivity index (χ0n) is 17.5. The maximum atomic E-state index is 6.67. The van der Waals surface area contributed by atoms with Crippen LogP contribution >= 0.6 is 0 Å². The second kappa shape index (κ2) is 10.6. The van der Waals surface area contributed by atoms with Crippen LogP contribution in [0.1, 0.15) is 34.3 Å². The molecule has 4 aromatic rings. The van der Waals surface area contributed by atoms with Crippen LogP contribution < -0.4 is 15.8 Å². The number of nitrogens with two attached hydrogens (primary N) is 1. The second-order valence-electron chi connectivity index (χ2n) is 7.62. The number of nitrogens with one attached hydrogen (secondary N) is 1. The molecule has 2 atom stereocenters. The fourth-order valence-electron chi connectivity index (χ4n) is 3.65. The molecular formula is C28H28N2O. The minimum Gasteiger partial charge on any atom is -0.489 e. The van der Waals surface area contributed by atoms with Crippen LogP contribution in [0, 0.1) is 0 Å². The molecular weight excluding hydrogens is 380 g/mol. The molecule has 0 amide bonds. The van der Waals surface area contributed by atoms with Gasteiger partial charge in [-0.2, -0.15) is 0 Å². The summed E-state index contributed by atoms with van der Waals surface area (Å²) in [5, 5.41) is 3.66. The van der Waals surface area contributed by atoms with E-state index >= 15 is 0 Å². The van der Waals surface area contributed by atoms with Gasteiger partial charge in [0.05, 0.1) is 6.04 Å². The van der Waals surface area contributed by atoms with Gasteiger partial charge in [-0.3, -0.25) is 0 Å². The zero-order chi connectivity index (χ0) is 21.3. The maximum Gasteiger partial charge on any atom is 0.119 e. The predicted molar refractivity (Wildman–Crippen MR) is 127 cm³/mol. The summed E-state index contributed by atoms with van der Waals surface area (Å²) in [6.45, 7) is 1.29. The third-order valence-electron chi connectivity index (χ3n) is 5.40. The normalized spacial score (nSPS) is 12.8. The van der Waals surface area contributed by atoms with Gasteiger partial charge in [0, 0.05) is 12.6 Å². The molecule has 2 unspecified atom stereocenters. The van der Waals surface area contributed by atoms with Crippen LogP contribution in [0.3, 0.4) is 0 Å². The highest BCUT2D eigenvalue weighted by molar-refractivity contribution is 5.30. The Kier molecular flexibility index (Phi) is 7.12. The molecule has 0 spiro atoms. The molecule has 0 aliphatic rings. The minimum absolute atomic E-state index is 0.0117. The lowest BCUT2D eigenvalue weighted by atomic mass is 9.94. The molecule has 3 nitrogen and oxygen atoms in total. The van der Waals surface area contributed by atoms with E-state index in [1.54, 1.807) is 0 Å². The van der Waals surface area contributed by atoms with Gasteiger partial charge < -0.3 is 15.8 Å². The Bertz CT molecular complexity index is 1030. The van der Waals surface area contributed by atoms with E-state index in [-0.39, 0.29) is 12.1 Å². The highest BCUT2D eigenvalue weighted by atomic mass is 16.5. The highest BCUT2D eigenvalue weighted by Gasteiger charge is 2.20. The summed E-state index contributed by atoms with van der Waals surface area (Å²) in [4.78, 5) is 0. The van der Waals surface area contributed by atoms with E-state index < -0.39 is 0 Å². The molecule has 0 aliphatic carbocycles. The maximum absolute atomic E-state index is 6.67. The van der Waals surface area contributed by atoms with E-state index in [0.29, 0.717) is 6.61 Å². The summed E-state index contributed by atoms with van der Waals surface area (Å²) in [6, 6.07) is 39.0. The van der Waals surface area contributed by atoms with Crippen LogP contribution in [0.2, 0.25) is 0 Å². The lowest BCUT2D eigenvalue weighted by molar-refractivity contribution is 0.306. The molecule has 0 aliphatic heterocycles. The second-order valence-corrected chi connectivity index (χ2v) is 7.62. The van der Waals surface area contributed by atoms with Crippen molar-refractivity contribution >= 4 is 0 Å². The van der Waals surface area contributed by atoms with E-state index in [2.05, 4.69) is 66.0 Å². The standard InChI is InChI=1S/C28H28N2O/c29-27(24-12-6-2-7-13-24)28(25-14-8-3-9-15-25)30-20-22-16-18-26(19-17-22)31-21-23-10-4-1-5-11-23/h1-19,27-28,30H,20-21,29H2. The Hall–Kier alpha value is -3.40. The number of benzene rings is 4. The van der Waals surface area contributed by atoms with Crippen molar-refractivity contribution in [2.75, 3.05) is 0 Å². The molecule has 0 saturated carbocycles. The summed E-state index contributed by atoms with van der Waals surface area (Å²) in [7, 11) is 0. The average Bonchev–Trinajstić information content (AvgIpc) is 2.85. The first-order valence-electron chi connectivity index (χ1n) is 10.6. The number of hydrogen-bond donors (Lipinski definition) is 2. The van der Waals surface area contributed by atoms with Crippen LogP contribution in [-0.2, 0) is 13.2 Å². The lowest BCUT2D eigenvalue weighted by Gasteiger charge is -2.26. The van der Waals surface area contributed by atoms with Gasteiger partial charge in [-0.05, 0) is 34.4 Å². The first kappa shape index (κ1) is 20.9. The monoisotopic (exact) mass is 408 g/mol. The van der Waals surface area contributed by atoms with Crippen molar-refractivity contribution < 1.29 is 4.74 Å². The van der Waals surface area contributed by atoms with Crippen LogP contribution in [0.25, 0.3) is 0 Å². The Balaban J connectivity index is 1.41. The van der Waals surface area contributed by atoms with Gasteiger partial charge >= 0.3 is 0 Å². The molecule has 0 bridgehead atoms. The molecule has 4 aromatic carbocycles. The van der Waals surface area contributed by atoms with Gasteiger partial charge in [-0.15, -0.1) is 0 Å². The van der Waals surface area contributed by atoms with E-state index in [1.165, 1.54) is 11.1 Å². The van der Waals surface area contributed by atoms with Crippen LogP contribution in [0.4, 0.5) is 0 Å². The van der Waals surface area contributed by atoms with Gasteiger partial charge in [-0.1, -0.05) is 103 Å². The number of ether oxygens (including phenoxy) is 1. The summed E-state index contributed by atoms with van der Waals surface area (Å²) in [5.41, 5.74) is 11.3. The molecule has 4 rings (SSSR count). The lowest BCUT2D eigenvalue weighted by Crippen LogP contribution is -2.31. The van der Waals surface area contributed by atoms with Crippen molar-refractivity contribution in [3.63, 3.8) is 0 Å². The number of rotatable bonds is 9. The van der Waals surface area contributed by atoms with Crippen molar-refractivity contribution in [1.82, 2.24) is 5.32 Å². The van der Waals surface area contributed by atoms with E-state index in [9.17, 15) is 0 Å². The van der Waals surface area contributed by atoms with Gasteiger partial charge in [0.15, 0.2) is 0 Å². The molecule has 0 aromatic heterocycles. The van der Waals surface area contributed by atoms with Gasteiger partial charge in [0.2, 0.25) is 0 Å². The zero-order valence-corrected chi connectivity index (χ0v) is 17.5. The molecule has 3 N–H and O–H groups in total. The first-order valence-corrected chi connectivity index (χ1v) is 10.6. The predicted octanol–water partition coefficient (Wildman–Crippen LogP) is 5.80. The third-order valence-corrected chi connectivity index (χ3v) is 5.40. The molecule has 0 radical (unpaired) electrons. The van der Waals surface area contributed by atoms with Gasteiger partial charge in [-0.25, -0.2) is 0 Å². The SMILES string of the molecule is NC(c1ccccc1)C(NCc1ccc(OCc2ccccc2)cc1)c1ccccc1. The third kappa shape index (κ3) is 5.82.